The molecule has 0 unspecified atom stereocenters. The molecule has 0 saturated carbocycles. The minimum Gasteiger partial charge on any atom is -0.507 e. The van der Waals surface area contributed by atoms with Gasteiger partial charge in [0.05, 0.1) is 5.69 Å². The first-order valence-corrected chi connectivity index (χ1v) is 3.03. The Hall–Kier alpha value is -1.78. The number of nitrogen functional groups attached to an aromatic ring is 1. The fourth-order valence-electron chi connectivity index (χ4n) is 0.751. The van der Waals surface area contributed by atoms with Gasteiger partial charge in [-0.2, -0.15) is 0 Å². The van der Waals surface area contributed by atoms with E-state index in [1.807, 2.05) is 0 Å². The molecule has 12 heavy (non-hydrogen) atoms. The first kappa shape index (κ1) is 8.32. The number of halogens is 1. The van der Waals surface area contributed by atoms with Crippen molar-refractivity contribution in [1.82, 2.24) is 0 Å². The molecule has 0 heterocycles. The highest BCUT2D eigenvalue weighted by Gasteiger charge is 2.12. The molecule has 0 aromatic heterocycles. The molecule has 0 aliphatic carbocycles. The van der Waals surface area contributed by atoms with Crippen LogP contribution < -0.4 is 5.73 Å². The smallest absolute Gasteiger partial charge is 0.339 e. The van der Waals surface area contributed by atoms with E-state index in [0.717, 1.165) is 6.07 Å². The SMILES string of the molecule is Nc1cc(C(=O)O)c(O)cc1F. The molecule has 0 atom stereocenters. The molecule has 0 fully saturated rings. The molecule has 0 aliphatic rings. The Morgan fingerprint density at radius 1 is 1.50 bits per heavy atom. The maximum absolute atomic E-state index is 12.5. The molecule has 1 aromatic rings. The number of carbonyl (C=O) groups is 1. The zero-order chi connectivity index (χ0) is 9.30. The number of carboxylic acids is 1. The maximum Gasteiger partial charge on any atom is 0.339 e. The summed E-state index contributed by atoms with van der Waals surface area (Å²) in [5, 5.41) is 17.4. The summed E-state index contributed by atoms with van der Waals surface area (Å²) in [6, 6.07) is 1.53. The lowest BCUT2D eigenvalue weighted by Crippen LogP contribution is -2.00. The molecule has 1 rings (SSSR count). The topological polar surface area (TPSA) is 83.6 Å². The predicted molar refractivity (Wildman–Crippen MR) is 39.4 cm³/mol. The van der Waals surface area contributed by atoms with Crippen LogP contribution in [0.1, 0.15) is 10.4 Å². The summed E-state index contributed by atoms with van der Waals surface area (Å²) in [4.78, 5) is 10.3. The summed E-state index contributed by atoms with van der Waals surface area (Å²) in [5.74, 6) is -2.81. The largest absolute Gasteiger partial charge is 0.507 e. The molecule has 0 bridgehead atoms. The van der Waals surface area contributed by atoms with Gasteiger partial charge in [-0.1, -0.05) is 0 Å². The Morgan fingerprint density at radius 3 is 2.58 bits per heavy atom. The third-order valence-corrected chi connectivity index (χ3v) is 1.35. The molecular weight excluding hydrogens is 165 g/mol. The molecule has 0 saturated heterocycles. The van der Waals surface area contributed by atoms with Crippen molar-refractivity contribution in [2.45, 2.75) is 0 Å². The fraction of sp³-hybridized carbons (Fsp3) is 0. The summed E-state index contributed by atoms with van der Waals surface area (Å²) >= 11 is 0. The maximum atomic E-state index is 12.5. The van der Waals surface area contributed by atoms with Crippen LogP contribution in [0.15, 0.2) is 12.1 Å². The van der Waals surface area contributed by atoms with Crippen LogP contribution in [0.4, 0.5) is 10.1 Å². The molecule has 64 valence electrons. The van der Waals surface area contributed by atoms with Crippen LogP contribution in [0.25, 0.3) is 0 Å². The highest BCUT2D eigenvalue weighted by Crippen LogP contribution is 2.22. The van der Waals surface area contributed by atoms with Crippen molar-refractivity contribution in [2.75, 3.05) is 5.73 Å². The number of hydrogen-bond donors (Lipinski definition) is 3. The van der Waals surface area contributed by atoms with Gasteiger partial charge in [-0.05, 0) is 6.07 Å². The van der Waals surface area contributed by atoms with Gasteiger partial charge < -0.3 is 15.9 Å². The van der Waals surface area contributed by atoms with E-state index in [0.29, 0.717) is 6.07 Å². The van der Waals surface area contributed by atoms with Gasteiger partial charge in [-0.25, -0.2) is 9.18 Å². The van der Waals surface area contributed by atoms with Crippen molar-refractivity contribution in [3.8, 4) is 5.75 Å². The molecule has 0 aliphatic heterocycles. The lowest BCUT2D eigenvalue weighted by molar-refractivity contribution is 0.0693. The number of benzene rings is 1. The number of carboxylic acid groups (broad SMARTS) is 1. The van der Waals surface area contributed by atoms with Crippen LogP contribution in [0.2, 0.25) is 0 Å². The highest BCUT2D eigenvalue weighted by atomic mass is 19.1. The van der Waals surface area contributed by atoms with Gasteiger partial charge in [0.1, 0.15) is 17.1 Å². The number of anilines is 1. The van der Waals surface area contributed by atoms with Crippen LogP contribution in [0, 0.1) is 5.82 Å². The Balaban J connectivity index is 3.33. The first-order valence-electron chi connectivity index (χ1n) is 3.03. The molecule has 4 N–H and O–H groups in total. The normalized spacial score (nSPS) is 9.75. The van der Waals surface area contributed by atoms with Crippen molar-refractivity contribution in [1.29, 1.82) is 0 Å². The number of rotatable bonds is 1. The quantitative estimate of drug-likeness (QED) is 0.431. The molecule has 0 amide bonds. The minimum absolute atomic E-state index is 0.301. The van der Waals surface area contributed by atoms with Gasteiger partial charge in [0, 0.05) is 6.07 Å². The summed E-state index contributed by atoms with van der Waals surface area (Å²) in [6.45, 7) is 0. The Morgan fingerprint density at radius 2 is 2.08 bits per heavy atom. The monoisotopic (exact) mass is 171 g/mol. The zero-order valence-electron chi connectivity index (χ0n) is 5.91. The van der Waals surface area contributed by atoms with E-state index in [9.17, 15) is 9.18 Å². The van der Waals surface area contributed by atoms with Crippen molar-refractivity contribution < 1.29 is 19.4 Å². The highest BCUT2D eigenvalue weighted by molar-refractivity contribution is 5.91. The second kappa shape index (κ2) is 2.69. The third-order valence-electron chi connectivity index (χ3n) is 1.35. The van der Waals surface area contributed by atoms with Crippen molar-refractivity contribution in [3.05, 3.63) is 23.5 Å². The van der Waals surface area contributed by atoms with Gasteiger partial charge in [-0.15, -0.1) is 0 Å². The van der Waals surface area contributed by atoms with Crippen LogP contribution in [0.3, 0.4) is 0 Å². The molecule has 1 aromatic carbocycles. The molecule has 4 nitrogen and oxygen atoms in total. The summed E-state index contributed by atoms with van der Waals surface area (Å²) in [6.07, 6.45) is 0. The number of nitrogens with two attached hydrogens (primary N) is 1. The number of hydrogen-bond acceptors (Lipinski definition) is 3. The summed E-state index contributed by atoms with van der Waals surface area (Å²) < 4.78 is 12.5. The molecular formula is C7H6FNO3. The second-order valence-corrected chi connectivity index (χ2v) is 2.20. The Labute approximate surface area is 67.1 Å². The van der Waals surface area contributed by atoms with E-state index < -0.39 is 23.1 Å². The van der Waals surface area contributed by atoms with Crippen molar-refractivity contribution in [3.63, 3.8) is 0 Å². The predicted octanol–water partition coefficient (Wildman–Crippen LogP) is 0.812. The van der Waals surface area contributed by atoms with E-state index in [-0.39, 0.29) is 5.69 Å². The number of aromatic carboxylic acids is 1. The van der Waals surface area contributed by atoms with E-state index in [2.05, 4.69) is 0 Å². The van der Waals surface area contributed by atoms with E-state index in [4.69, 9.17) is 15.9 Å². The van der Waals surface area contributed by atoms with Crippen molar-refractivity contribution >= 4 is 11.7 Å². The Bertz CT molecular complexity index is 338. The molecule has 0 radical (unpaired) electrons. The van der Waals surface area contributed by atoms with Gasteiger partial charge in [-0.3, -0.25) is 0 Å². The fourth-order valence-corrected chi connectivity index (χ4v) is 0.751. The van der Waals surface area contributed by atoms with Crippen LogP contribution in [-0.4, -0.2) is 16.2 Å². The third kappa shape index (κ3) is 1.29. The summed E-state index contributed by atoms with van der Waals surface area (Å²) in [7, 11) is 0. The van der Waals surface area contributed by atoms with Crippen LogP contribution in [0.5, 0.6) is 5.75 Å². The zero-order valence-corrected chi connectivity index (χ0v) is 5.91. The average molecular weight is 171 g/mol. The van der Waals surface area contributed by atoms with E-state index >= 15 is 0 Å². The van der Waals surface area contributed by atoms with Gasteiger partial charge in [0.15, 0.2) is 0 Å². The van der Waals surface area contributed by atoms with Crippen LogP contribution >= 0.6 is 0 Å². The van der Waals surface area contributed by atoms with Crippen LogP contribution in [-0.2, 0) is 0 Å². The minimum atomic E-state index is -1.35. The Kier molecular flexibility index (Phi) is 1.86. The van der Waals surface area contributed by atoms with Gasteiger partial charge in [0.2, 0.25) is 0 Å². The van der Waals surface area contributed by atoms with Crippen molar-refractivity contribution in [2.24, 2.45) is 0 Å². The number of phenols is 1. The first-order chi connectivity index (χ1) is 5.52. The van der Waals surface area contributed by atoms with E-state index in [1.54, 1.807) is 0 Å². The molecule has 5 heteroatoms. The summed E-state index contributed by atoms with van der Waals surface area (Å²) in [5.41, 5.74) is 4.37. The number of aromatic hydroxyl groups is 1. The van der Waals surface area contributed by atoms with Gasteiger partial charge in [0.25, 0.3) is 0 Å². The lowest BCUT2D eigenvalue weighted by atomic mass is 10.2. The second-order valence-electron chi connectivity index (χ2n) is 2.20. The van der Waals surface area contributed by atoms with Gasteiger partial charge >= 0.3 is 5.97 Å². The average Bonchev–Trinajstić information content (AvgIpc) is 1.96. The molecule has 0 spiro atoms. The lowest BCUT2D eigenvalue weighted by Gasteiger charge is -2.01. The standard InChI is InChI=1S/C7H6FNO3/c8-4-2-6(10)3(7(11)12)1-5(4)9/h1-2,10H,9H2,(H,11,12). The van der Waals surface area contributed by atoms with E-state index in [1.165, 1.54) is 0 Å².